The van der Waals surface area contributed by atoms with E-state index in [2.05, 4.69) is 11.4 Å². The maximum absolute atomic E-state index is 10.2. The molecule has 0 heterocycles. The van der Waals surface area contributed by atoms with Gasteiger partial charge < -0.3 is 4.89 Å². The summed E-state index contributed by atoms with van der Waals surface area (Å²) in [5.74, 6) is 0. The Balaban J connectivity index is 0. The van der Waals surface area contributed by atoms with Gasteiger partial charge in [0.05, 0.1) is 0 Å². The van der Waals surface area contributed by atoms with Gasteiger partial charge in [0.2, 0.25) is 0 Å². The minimum atomic E-state index is -2.64. The van der Waals surface area contributed by atoms with Gasteiger partial charge in [-0.05, 0) is 11.0 Å². The zero-order chi connectivity index (χ0) is 16.3. The Morgan fingerprint density at radius 2 is 0.957 bits per heavy atom. The topological polar surface area (TPSA) is 49.4 Å². The van der Waals surface area contributed by atoms with Crippen LogP contribution >= 0.6 is 8.25 Å². The van der Waals surface area contributed by atoms with Gasteiger partial charge in [-0.25, -0.2) is 0 Å². The smallest absolute Gasteiger partial charge is 0.566 e. The summed E-state index contributed by atoms with van der Waals surface area (Å²) in [6, 6.07) is 0. The van der Waals surface area contributed by atoms with Crippen LogP contribution in [0.2, 0.25) is 0 Å². The summed E-state index contributed by atoms with van der Waals surface area (Å²) >= 11 is 0. The second kappa shape index (κ2) is 23.0. The summed E-state index contributed by atoms with van der Waals surface area (Å²) in [4.78, 5) is 10.2. The van der Waals surface area contributed by atoms with Crippen LogP contribution in [-0.4, -0.2) is 6.61 Å². The van der Waals surface area contributed by atoms with Crippen LogP contribution in [0.25, 0.3) is 0 Å². The second-order valence-corrected chi connectivity index (χ2v) is 7.07. The van der Waals surface area contributed by atoms with Crippen LogP contribution in [0.15, 0.2) is 0 Å². The fraction of sp³-hybridized carbons (Fsp3) is 1.00. The largest absolute Gasteiger partial charge is 1.00 e. The minimum absolute atomic E-state index is 0. The molecule has 0 aliphatic carbocycles. The Morgan fingerprint density at radius 3 is 1.26 bits per heavy atom. The van der Waals surface area contributed by atoms with Crippen molar-refractivity contribution in [3.63, 3.8) is 0 Å². The molecule has 0 aromatic heterocycles. The maximum Gasteiger partial charge on any atom is 1.00 e. The molecule has 0 aromatic rings. The van der Waals surface area contributed by atoms with Gasteiger partial charge in [0, 0.05) is 0 Å². The molecule has 132 valence electrons. The summed E-state index contributed by atoms with van der Waals surface area (Å²) in [6.45, 7) is 2.63. The molecular formula is C18H37NaO3P+. The van der Waals surface area contributed by atoms with Gasteiger partial charge in [0.1, 0.15) is 6.61 Å². The van der Waals surface area contributed by atoms with Gasteiger partial charge in [-0.2, -0.15) is 0 Å². The first-order chi connectivity index (χ1) is 10.8. The van der Waals surface area contributed by atoms with Gasteiger partial charge in [-0.1, -0.05) is 103 Å². The van der Waals surface area contributed by atoms with Crippen LogP contribution in [0, 0.1) is 0 Å². The zero-order valence-electron chi connectivity index (χ0n) is 15.7. The molecule has 0 aliphatic rings. The van der Waals surface area contributed by atoms with Crippen molar-refractivity contribution in [1.29, 1.82) is 0 Å². The van der Waals surface area contributed by atoms with Crippen molar-refractivity contribution in [1.82, 2.24) is 0 Å². The van der Waals surface area contributed by atoms with Crippen LogP contribution in [0.4, 0.5) is 0 Å². The second-order valence-electron chi connectivity index (χ2n) is 6.36. The zero-order valence-corrected chi connectivity index (χ0v) is 18.6. The van der Waals surface area contributed by atoms with Gasteiger partial charge in [-0.15, -0.1) is 4.52 Å². The normalized spacial score (nSPS) is 11.3. The fourth-order valence-electron chi connectivity index (χ4n) is 2.79. The molecule has 0 amide bonds. The Kier molecular flexibility index (Phi) is 26.3. The number of hydrogen-bond donors (Lipinski definition) is 0. The van der Waals surface area contributed by atoms with Gasteiger partial charge in [0.25, 0.3) is 0 Å². The van der Waals surface area contributed by atoms with E-state index in [1.54, 1.807) is 0 Å². The first kappa shape index (κ1) is 26.3. The molecule has 1 atom stereocenters. The van der Waals surface area contributed by atoms with E-state index in [9.17, 15) is 9.46 Å². The molecule has 3 nitrogen and oxygen atoms in total. The SMILES string of the molecule is CCCCCCCCCCCCCCCCCCO[P+](=O)[O-].[Na+]. The van der Waals surface area contributed by atoms with Crippen molar-refractivity contribution in [2.45, 2.75) is 110 Å². The molecule has 0 fully saturated rings. The standard InChI is InChI=1S/C18H37O3P.Na/c1-2-3-4-5-6-7-8-9-10-11-12-13-14-15-16-17-18-21-22(19)20;/h2-18H2,1H3;/q;+1. The van der Waals surface area contributed by atoms with Gasteiger partial charge in [-0.3, -0.25) is 0 Å². The van der Waals surface area contributed by atoms with Crippen molar-refractivity contribution >= 4 is 8.25 Å². The summed E-state index contributed by atoms with van der Waals surface area (Å²) in [6.07, 6.45) is 21.2. The summed E-state index contributed by atoms with van der Waals surface area (Å²) in [5.41, 5.74) is 0. The predicted molar refractivity (Wildman–Crippen MR) is 93.1 cm³/mol. The quantitative estimate of drug-likeness (QED) is 0.215. The van der Waals surface area contributed by atoms with Crippen molar-refractivity contribution in [2.24, 2.45) is 0 Å². The Bertz CT molecular complexity index is 240. The van der Waals surface area contributed by atoms with Crippen molar-refractivity contribution in [3.8, 4) is 0 Å². The van der Waals surface area contributed by atoms with Crippen molar-refractivity contribution < 1.29 is 43.5 Å². The van der Waals surface area contributed by atoms with Crippen LogP contribution < -0.4 is 34.5 Å². The number of rotatable bonds is 18. The molecule has 1 unspecified atom stereocenters. The fourth-order valence-corrected chi connectivity index (χ4v) is 3.07. The Hall–Kier alpha value is 1.02. The first-order valence-corrected chi connectivity index (χ1v) is 10.6. The van der Waals surface area contributed by atoms with E-state index in [-0.39, 0.29) is 29.6 Å². The Labute approximate surface area is 167 Å². The molecule has 0 aromatic carbocycles. The van der Waals surface area contributed by atoms with E-state index < -0.39 is 8.25 Å². The van der Waals surface area contributed by atoms with E-state index in [0.717, 1.165) is 12.8 Å². The molecule has 0 rings (SSSR count). The molecule has 0 radical (unpaired) electrons. The summed E-state index contributed by atoms with van der Waals surface area (Å²) in [5, 5.41) is 0. The first-order valence-electron chi connectivity index (χ1n) is 9.54. The average Bonchev–Trinajstić information content (AvgIpc) is 2.50. The molecule has 0 N–H and O–H groups in total. The van der Waals surface area contributed by atoms with Gasteiger partial charge in [0.15, 0.2) is 0 Å². The third kappa shape index (κ3) is 25.4. The van der Waals surface area contributed by atoms with E-state index in [1.165, 1.54) is 89.9 Å². The van der Waals surface area contributed by atoms with Crippen LogP contribution in [0.3, 0.4) is 0 Å². The number of unbranched alkanes of at least 4 members (excludes halogenated alkanes) is 15. The van der Waals surface area contributed by atoms with Crippen LogP contribution in [-0.2, 0) is 9.09 Å². The van der Waals surface area contributed by atoms with E-state index in [0.29, 0.717) is 6.61 Å². The van der Waals surface area contributed by atoms with Crippen molar-refractivity contribution in [3.05, 3.63) is 0 Å². The minimum Gasteiger partial charge on any atom is -0.566 e. The maximum atomic E-state index is 10.2. The molecule has 5 heteroatoms. The van der Waals surface area contributed by atoms with Crippen LogP contribution in [0.1, 0.15) is 110 Å². The van der Waals surface area contributed by atoms with Crippen molar-refractivity contribution in [2.75, 3.05) is 6.61 Å². The number of hydrogen-bond acceptors (Lipinski definition) is 3. The molecular weight excluding hydrogens is 318 g/mol. The molecule has 0 aliphatic heterocycles. The summed E-state index contributed by atoms with van der Waals surface area (Å²) in [7, 11) is -2.64. The van der Waals surface area contributed by atoms with Gasteiger partial charge >= 0.3 is 37.8 Å². The molecule has 0 spiro atoms. The summed E-state index contributed by atoms with van der Waals surface area (Å²) < 4.78 is 14.7. The molecule has 23 heavy (non-hydrogen) atoms. The Morgan fingerprint density at radius 1 is 0.652 bits per heavy atom. The predicted octanol–water partition coefficient (Wildman–Crippen LogP) is 3.29. The monoisotopic (exact) mass is 355 g/mol. The molecule has 0 saturated carbocycles. The van der Waals surface area contributed by atoms with E-state index in [1.807, 2.05) is 0 Å². The third-order valence-electron chi connectivity index (χ3n) is 4.19. The van der Waals surface area contributed by atoms with Crippen LogP contribution in [0.5, 0.6) is 0 Å². The third-order valence-corrected chi connectivity index (χ3v) is 4.59. The molecule has 0 saturated heterocycles. The van der Waals surface area contributed by atoms with E-state index >= 15 is 0 Å². The van der Waals surface area contributed by atoms with E-state index in [4.69, 9.17) is 0 Å². The molecule has 0 bridgehead atoms. The average molecular weight is 355 g/mol.